The summed E-state index contributed by atoms with van der Waals surface area (Å²) in [6, 6.07) is 14.0. The minimum absolute atomic E-state index is 0.169. The molecule has 178 valence electrons. The summed E-state index contributed by atoms with van der Waals surface area (Å²) in [4.78, 5) is 48.7. The van der Waals surface area contributed by atoms with Crippen LogP contribution < -0.4 is 16.0 Å². The minimum atomic E-state index is -0.974. The maximum atomic E-state index is 12.7. The summed E-state index contributed by atoms with van der Waals surface area (Å²) in [5, 5.41) is 17.3. The summed E-state index contributed by atoms with van der Waals surface area (Å²) in [6.45, 7) is 3.21. The third kappa shape index (κ3) is 6.95. The third-order valence-electron chi connectivity index (χ3n) is 5.34. The summed E-state index contributed by atoms with van der Waals surface area (Å²) in [5.74, 6) is -3.02. The molecule has 0 bridgehead atoms. The van der Waals surface area contributed by atoms with Crippen molar-refractivity contribution in [2.75, 3.05) is 16.0 Å². The highest BCUT2D eigenvalue weighted by molar-refractivity contribution is 8.00. The highest BCUT2D eigenvalue weighted by Crippen LogP contribution is 2.30. The fourth-order valence-corrected chi connectivity index (χ4v) is 4.53. The first-order valence-electron chi connectivity index (χ1n) is 10.9. The lowest BCUT2D eigenvalue weighted by Gasteiger charge is -2.24. The Hall–Kier alpha value is -3.59. The molecule has 9 heteroatoms. The van der Waals surface area contributed by atoms with Crippen LogP contribution in [0.2, 0.25) is 0 Å². The van der Waals surface area contributed by atoms with E-state index >= 15 is 0 Å². The Morgan fingerprint density at radius 3 is 2.12 bits per heavy atom. The smallest absolute Gasteiger partial charge is 0.307 e. The monoisotopic (exact) mass is 481 g/mol. The molecule has 0 saturated heterocycles. The van der Waals surface area contributed by atoms with Gasteiger partial charge in [-0.3, -0.25) is 19.2 Å². The van der Waals surface area contributed by atoms with Crippen molar-refractivity contribution in [3.63, 3.8) is 0 Å². The number of amides is 3. The number of thioether (sulfide) groups is 1. The number of rotatable bonds is 8. The van der Waals surface area contributed by atoms with E-state index in [1.54, 1.807) is 55.5 Å². The number of carboxylic acid groups (broad SMARTS) is 1. The number of carbonyl (C=O) groups excluding carboxylic acids is 3. The fraction of sp³-hybridized carbons (Fsp3) is 0.280. The van der Waals surface area contributed by atoms with Crippen LogP contribution in [0, 0.1) is 11.8 Å². The zero-order chi connectivity index (χ0) is 24.7. The van der Waals surface area contributed by atoms with Gasteiger partial charge in [0.15, 0.2) is 0 Å². The van der Waals surface area contributed by atoms with Crippen LogP contribution in [0.4, 0.5) is 17.1 Å². The molecule has 0 heterocycles. The maximum absolute atomic E-state index is 12.7. The topological polar surface area (TPSA) is 125 Å². The van der Waals surface area contributed by atoms with Crippen molar-refractivity contribution in [3.05, 3.63) is 60.7 Å². The lowest BCUT2D eigenvalue weighted by atomic mass is 9.82. The highest BCUT2D eigenvalue weighted by Gasteiger charge is 2.34. The Bertz CT molecular complexity index is 1100. The predicted octanol–water partition coefficient (Wildman–Crippen LogP) is 4.37. The van der Waals surface area contributed by atoms with Gasteiger partial charge >= 0.3 is 5.97 Å². The van der Waals surface area contributed by atoms with Crippen LogP contribution in [0.3, 0.4) is 0 Å². The van der Waals surface area contributed by atoms with Gasteiger partial charge in [-0.2, -0.15) is 0 Å². The van der Waals surface area contributed by atoms with E-state index in [-0.39, 0.29) is 17.7 Å². The molecule has 3 atom stereocenters. The average molecular weight is 482 g/mol. The van der Waals surface area contributed by atoms with Gasteiger partial charge in [0.25, 0.3) is 0 Å². The van der Waals surface area contributed by atoms with Gasteiger partial charge < -0.3 is 21.1 Å². The molecule has 4 N–H and O–H groups in total. The molecule has 3 rings (SSSR count). The quantitative estimate of drug-likeness (QED) is 0.328. The Balaban J connectivity index is 1.58. The number of carbonyl (C=O) groups is 4. The molecule has 3 unspecified atom stereocenters. The van der Waals surface area contributed by atoms with Crippen molar-refractivity contribution >= 4 is 52.5 Å². The molecule has 1 aliphatic carbocycles. The van der Waals surface area contributed by atoms with Crippen LogP contribution in [-0.2, 0) is 19.2 Å². The maximum Gasteiger partial charge on any atom is 0.307 e. The second-order valence-electron chi connectivity index (χ2n) is 8.02. The van der Waals surface area contributed by atoms with Gasteiger partial charge in [0.05, 0.1) is 17.1 Å². The van der Waals surface area contributed by atoms with E-state index in [1.165, 1.54) is 18.7 Å². The summed E-state index contributed by atoms with van der Waals surface area (Å²) in [6.07, 6.45) is 4.36. The Labute approximate surface area is 202 Å². The van der Waals surface area contributed by atoms with Crippen LogP contribution in [0.1, 0.15) is 26.7 Å². The van der Waals surface area contributed by atoms with Gasteiger partial charge in [0.1, 0.15) is 0 Å². The molecule has 0 fully saturated rings. The summed E-state index contributed by atoms with van der Waals surface area (Å²) in [7, 11) is 0. The van der Waals surface area contributed by atoms with Crippen molar-refractivity contribution in [1.29, 1.82) is 0 Å². The molecule has 0 saturated carbocycles. The van der Waals surface area contributed by atoms with Gasteiger partial charge in [0.2, 0.25) is 17.7 Å². The van der Waals surface area contributed by atoms with Crippen LogP contribution in [-0.4, -0.2) is 34.0 Å². The number of benzene rings is 2. The first-order valence-corrected chi connectivity index (χ1v) is 11.7. The minimum Gasteiger partial charge on any atom is -0.481 e. The summed E-state index contributed by atoms with van der Waals surface area (Å²) >= 11 is 1.34. The number of hydrogen-bond acceptors (Lipinski definition) is 5. The Morgan fingerprint density at radius 2 is 1.50 bits per heavy atom. The van der Waals surface area contributed by atoms with E-state index in [4.69, 9.17) is 0 Å². The van der Waals surface area contributed by atoms with Crippen LogP contribution in [0.25, 0.3) is 0 Å². The molecular formula is C25H27N3O5S. The second-order valence-corrected chi connectivity index (χ2v) is 9.43. The zero-order valence-corrected chi connectivity index (χ0v) is 19.7. The molecule has 34 heavy (non-hydrogen) atoms. The molecule has 0 spiro atoms. The normalized spacial score (nSPS) is 17.9. The van der Waals surface area contributed by atoms with Crippen LogP contribution in [0.15, 0.2) is 65.6 Å². The second kappa shape index (κ2) is 11.5. The van der Waals surface area contributed by atoms with Crippen LogP contribution in [0.5, 0.6) is 0 Å². The summed E-state index contributed by atoms with van der Waals surface area (Å²) in [5.41, 5.74) is 1.81. The standard InChI is InChI=1S/C25H27N3O5S/c1-15(23(30)27-18-12-10-17(11-13-18)26-16(2)29)34-20-7-5-6-19(14-20)28-24(31)21-8-3-4-9-22(21)25(32)33/h3-7,10-15,21-22H,8-9H2,1-2H3,(H,26,29)(H,27,30)(H,28,31)(H,32,33). The van der Waals surface area contributed by atoms with Crippen molar-refractivity contribution in [3.8, 4) is 0 Å². The van der Waals surface area contributed by atoms with E-state index in [9.17, 15) is 24.3 Å². The van der Waals surface area contributed by atoms with Gasteiger partial charge in [-0.1, -0.05) is 18.2 Å². The SMILES string of the molecule is CC(=O)Nc1ccc(NC(=O)C(C)Sc2cccc(NC(=O)C3CC=CCC3C(=O)O)c2)cc1. The Kier molecular flexibility index (Phi) is 8.48. The highest BCUT2D eigenvalue weighted by atomic mass is 32.2. The molecule has 2 aromatic carbocycles. The van der Waals surface area contributed by atoms with Gasteiger partial charge in [-0.05, 0) is 62.2 Å². The molecule has 0 aromatic heterocycles. The lowest BCUT2D eigenvalue weighted by Crippen LogP contribution is -2.34. The first-order chi connectivity index (χ1) is 16.2. The van der Waals surface area contributed by atoms with Gasteiger partial charge in [0, 0.05) is 28.9 Å². The van der Waals surface area contributed by atoms with E-state index in [0.717, 1.165) is 4.90 Å². The van der Waals surface area contributed by atoms with Crippen molar-refractivity contribution in [2.45, 2.75) is 36.8 Å². The molecule has 1 aliphatic rings. The zero-order valence-electron chi connectivity index (χ0n) is 18.9. The van der Waals surface area contributed by atoms with E-state index in [2.05, 4.69) is 16.0 Å². The number of nitrogens with one attached hydrogen (secondary N) is 3. The van der Waals surface area contributed by atoms with Crippen molar-refractivity contribution < 1.29 is 24.3 Å². The molecular weight excluding hydrogens is 454 g/mol. The van der Waals surface area contributed by atoms with E-state index in [0.29, 0.717) is 29.9 Å². The molecule has 2 aromatic rings. The number of allylic oxidation sites excluding steroid dienone is 2. The lowest BCUT2D eigenvalue weighted by molar-refractivity contribution is -0.146. The van der Waals surface area contributed by atoms with E-state index < -0.39 is 23.1 Å². The number of anilines is 3. The fourth-order valence-electron chi connectivity index (χ4n) is 3.60. The van der Waals surface area contributed by atoms with Gasteiger partial charge in [-0.25, -0.2) is 0 Å². The molecule has 0 aliphatic heterocycles. The van der Waals surface area contributed by atoms with E-state index in [1.807, 2.05) is 12.1 Å². The summed E-state index contributed by atoms with van der Waals surface area (Å²) < 4.78 is 0. The van der Waals surface area contributed by atoms with Crippen molar-refractivity contribution in [1.82, 2.24) is 0 Å². The largest absolute Gasteiger partial charge is 0.481 e. The predicted molar refractivity (Wildman–Crippen MR) is 133 cm³/mol. The molecule has 8 nitrogen and oxygen atoms in total. The number of aliphatic carboxylic acids is 1. The van der Waals surface area contributed by atoms with Crippen LogP contribution >= 0.6 is 11.8 Å². The van der Waals surface area contributed by atoms with Crippen molar-refractivity contribution in [2.24, 2.45) is 11.8 Å². The molecule has 3 amide bonds. The molecule has 0 radical (unpaired) electrons. The Morgan fingerprint density at radius 1 is 0.882 bits per heavy atom. The average Bonchev–Trinajstić information content (AvgIpc) is 2.80. The van der Waals surface area contributed by atoms with Gasteiger partial charge in [-0.15, -0.1) is 11.8 Å². The number of carboxylic acids is 1. The number of hydrogen-bond donors (Lipinski definition) is 4. The third-order valence-corrected chi connectivity index (χ3v) is 6.44. The first kappa shape index (κ1) is 25.0.